The van der Waals surface area contributed by atoms with E-state index in [2.05, 4.69) is 34.4 Å². The molecule has 1 heterocycles. The predicted molar refractivity (Wildman–Crippen MR) is 87.0 cm³/mol. The number of amides is 2. The van der Waals surface area contributed by atoms with E-state index in [4.69, 9.17) is 0 Å². The van der Waals surface area contributed by atoms with Gasteiger partial charge >= 0.3 is 6.03 Å². The van der Waals surface area contributed by atoms with Gasteiger partial charge in [0, 0.05) is 11.4 Å². The lowest BCUT2D eigenvalue weighted by molar-refractivity contribution is 0.206. The van der Waals surface area contributed by atoms with E-state index in [1.54, 1.807) is 0 Å². The molecule has 0 radical (unpaired) electrons. The second kappa shape index (κ2) is 8.96. The highest BCUT2D eigenvalue weighted by molar-refractivity contribution is 7.15. The van der Waals surface area contributed by atoms with Crippen LogP contribution in [0.2, 0.25) is 0 Å². The lowest BCUT2D eigenvalue weighted by atomic mass is 10.2. The number of anilines is 1. The number of nitrogens with zero attached hydrogens (tertiary/aromatic N) is 2. The Morgan fingerprint density at radius 1 is 1.38 bits per heavy atom. The topological polar surface area (TPSA) is 77.5 Å². The number of aromatic nitrogens is 1. The van der Waals surface area contributed by atoms with Crippen LogP contribution >= 0.6 is 11.3 Å². The monoisotopic (exact) mass is 314 g/mol. The van der Waals surface area contributed by atoms with Crippen molar-refractivity contribution in [1.82, 2.24) is 15.2 Å². The number of hydrogen-bond acceptors (Lipinski definition) is 5. The summed E-state index contributed by atoms with van der Waals surface area (Å²) < 4.78 is 0. The zero-order valence-corrected chi connectivity index (χ0v) is 14.1. The zero-order valence-electron chi connectivity index (χ0n) is 13.3. The van der Waals surface area contributed by atoms with Gasteiger partial charge in [0.2, 0.25) is 0 Å². The highest BCUT2D eigenvalue weighted by Gasteiger charge is 2.14. The number of carbonyl (C=O) groups excluding carboxylic acids is 1. The smallest absolute Gasteiger partial charge is 0.321 e. The van der Waals surface area contributed by atoms with Crippen LogP contribution in [0.15, 0.2) is 0 Å². The summed E-state index contributed by atoms with van der Waals surface area (Å²) in [5.74, 6) is 0. The van der Waals surface area contributed by atoms with Crippen LogP contribution < -0.4 is 10.6 Å². The van der Waals surface area contributed by atoms with Gasteiger partial charge in [0.05, 0.1) is 18.3 Å². The van der Waals surface area contributed by atoms with E-state index in [9.17, 15) is 9.90 Å². The molecule has 7 heteroatoms. The van der Waals surface area contributed by atoms with Gasteiger partial charge in [-0.05, 0) is 33.4 Å². The van der Waals surface area contributed by atoms with Crippen molar-refractivity contribution >= 4 is 22.5 Å². The standard InChI is InChI=1S/C14H26N4O2S/c1-5-18(6-2)8-7-12(9-19)16-13(20)17-14-15-10(3)11(4)21-14/h12,19H,5-9H2,1-4H3,(H2,15,16,17,20)/t12-/m1/s1. The second-order valence-electron chi connectivity index (χ2n) is 4.95. The van der Waals surface area contributed by atoms with Gasteiger partial charge in [-0.25, -0.2) is 9.78 Å². The summed E-state index contributed by atoms with van der Waals surface area (Å²) in [4.78, 5) is 19.5. The number of hydrogen-bond donors (Lipinski definition) is 3. The number of carbonyl (C=O) groups is 1. The van der Waals surface area contributed by atoms with E-state index < -0.39 is 0 Å². The molecule has 120 valence electrons. The van der Waals surface area contributed by atoms with E-state index in [1.165, 1.54) is 11.3 Å². The van der Waals surface area contributed by atoms with Gasteiger partial charge in [0.1, 0.15) is 0 Å². The van der Waals surface area contributed by atoms with Crippen molar-refractivity contribution in [2.75, 3.05) is 31.6 Å². The first kappa shape index (κ1) is 17.9. The third-order valence-corrected chi connectivity index (χ3v) is 4.48. The number of aryl methyl sites for hydroxylation is 2. The molecule has 3 N–H and O–H groups in total. The van der Waals surface area contributed by atoms with Gasteiger partial charge in [-0.2, -0.15) is 0 Å². The van der Waals surface area contributed by atoms with E-state index in [0.29, 0.717) is 5.13 Å². The molecule has 0 bridgehead atoms. The first-order valence-corrected chi connectivity index (χ1v) is 8.16. The molecule has 0 spiro atoms. The number of aliphatic hydroxyl groups is 1. The Bertz CT molecular complexity index is 427. The first-order valence-electron chi connectivity index (χ1n) is 7.34. The number of aliphatic hydroxyl groups excluding tert-OH is 1. The molecule has 6 nitrogen and oxygen atoms in total. The fourth-order valence-electron chi connectivity index (χ4n) is 1.93. The number of urea groups is 1. The molecule has 2 amide bonds. The second-order valence-corrected chi connectivity index (χ2v) is 6.16. The van der Waals surface area contributed by atoms with Crippen molar-refractivity contribution in [3.8, 4) is 0 Å². The fraction of sp³-hybridized carbons (Fsp3) is 0.714. The largest absolute Gasteiger partial charge is 0.394 e. The van der Waals surface area contributed by atoms with Crippen LogP contribution in [0.4, 0.5) is 9.93 Å². The Morgan fingerprint density at radius 2 is 2.05 bits per heavy atom. The highest BCUT2D eigenvalue weighted by Crippen LogP contribution is 2.20. The molecule has 0 aromatic carbocycles. The Balaban J connectivity index is 2.43. The molecular formula is C14H26N4O2S. The minimum Gasteiger partial charge on any atom is -0.394 e. The maximum absolute atomic E-state index is 11.9. The quantitative estimate of drug-likeness (QED) is 0.685. The Hall–Kier alpha value is -1.18. The molecule has 1 rings (SSSR count). The van der Waals surface area contributed by atoms with Crippen molar-refractivity contribution < 1.29 is 9.90 Å². The maximum Gasteiger partial charge on any atom is 0.321 e. The van der Waals surface area contributed by atoms with Crippen LogP contribution in [-0.2, 0) is 0 Å². The minimum absolute atomic E-state index is 0.0649. The normalized spacial score (nSPS) is 12.5. The van der Waals surface area contributed by atoms with E-state index in [-0.39, 0.29) is 18.7 Å². The summed E-state index contributed by atoms with van der Waals surface area (Å²) in [6.45, 7) is 10.8. The molecule has 1 atom stereocenters. The number of nitrogens with one attached hydrogen (secondary N) is 2. The summed E-state index contributed by atoms with van der Waals surface area (Å²) in [5, 5.41) is 15.5. The van der Waals surface area contributed by atoms with Gasteiger partial charge in [0.25, 0.3) is 0 Å². The maximum atomic E-state index is 11.9. The summed E-state index contributed by atoms with van der Waals surface area (Å²) in [6, 6.07) is -0.560. The molecule has 0 fully saturated rings. The summed E-state index contributed by atoms with van der Waals surface area (Å²) in [6.07, 6.45) is 0.724. The lowest BCUT2D eigenvalue weighted by Crippen LogP contribution is -2.42. The van der Waals surface area contributed by atoms with Crippen LogP contribution in [0.25, 0.3) is 0 Å². The van der Waals surface area contributed by atoms with Crippen molar-refractivity contribution in [3.63, 3.8) is 0 Å². The summed E-state index contributed by atoms with van der Waals surface area (Å²) >= 11 is 1.45. The van der Waals surface area contributed by atoms with Crippen LogP contribution in [-0.4, -0.2) is 53.3 Å². The molecule has 0 aliphatic carbocycles. The van der Waals surface area contributed by atoms with Crippen LogP contribution in [0.5, 0.6) is 0 Å². The SMILES string of the molecule is CCN(CC)CC[C@H](CO)NC(=O)Nc1nc(C)c(C)s1. The van der Waals surface area contributed by atoms with Crippen LogP contribution in [0.1, 0.15) is 30.8 Å². The fourth-order valence-corrected chi connectivity index (χ4v) is 2.74. The Morgan fingerprint density at radius 3 is 2.52 bits per heavy atom. The Kier molecular flexibility index (Phi) is 7.63. The summed E-state index contributed by atoms with van der Waals surface area (Å²) in [7, 11) is 0. The molecule has 1 aromatic heterocycles. The van der Waals surface area contributed by atoms with Crippen molar-refractivity contribution in [3.05, 3.63) is 10.6 Å². The average molecular weight is 314 g/mol. The number of thiazole rings is 1. The minimum atomic E-state index is -0.317. The molecule has 1 aromatic rings. The van der Waals surface area contributed by atoms with Crippen LogP contribution in [0.3, 0.4) is 0 Å². The molecule has 0 aliphatic heterocycles. The molecule has 21 heavy (non-hydrogen) atoms. The van der Waals surface area contributed by atoms with E-state index in [0.717, 1.165) is 36.6 Å². The van der Waals surface area contributed by atoms with Gasteiger partial charge in [-0.1, -0.05) is 13.8 Å². The van der Waals surface area contributed by atoms with E-state index >= 15 is 0 Å². The zero-order chi connectivity index (χ0) is 15.8. The summed E-state index contributed by atoms with van der Waals surface area (Å²) in [5.41, 5.74) is 0.926. The van der Waals surface area contributed by atoms with Gasteiger partial charge in [-0.15, -0.1) is 11.3 Å². The average Bonchev–Trinajstić information content (AvgIpc) is 2.76. The molecule has 0 saturated heterocycles. The van der Waals surface area contributed by atoms with Gasteiger partial charge in [0.15, 0.2) is 5.13 Å². The van der Waals surface area contributed by atoms with Gasteiger partial charge < -0.3 is 15.3 Å². The third kappa shape index (κ3) is 5.99. The predicted octanol–water partition coefficient (Wildman–Crippen LogP) is 1.97. The molecule has 0 unspecified atom stereocenters. The third-order valence-electron chi connectivity index (χ3n) is 3.49. The highest BCUT2D eigenvalue weighted by atomic mass is 32.1. The van der Waals surface area contributed by atoms with Crippen molar-refractivity contribution in [2.45, 2.75) is 40.2 Å². The first-order chi connectivity index (χ1) is 9.99. The number of rotatable bonds is 8. The molecule has 0 saturated carbocycles. The lowest BCUT2D eigenvalue weighted by Gasteiger charge is -2.22. The van der Waals surface area contributed by atoms with Crippen molar-refractivity contribution in [1.29, 1.82) is 0 Å². The Labute approximate surface area is 130 Å². The van der Waals surface area contributed by atoms with Crippen LogP contribution in [0, 0.1) is 13.8 Å². The van der Waals surface area contributed by atoms with Gasteiger partial charge in [-0.3, -0.25) is 5.32 Å². The van der Waals surface area contributed by atoms with E-state index in [1.807, 2.05) is 13.8 Å². The van der Waals surface area contributed by atoms with Crippen molar-refractivity contribution in [2.24, 2.45) is 0 Å². The molecule has 0 aliphatic rings. The molecular weight excluding hydrogens is 288 g/mol.